The summed E-state index contributed by atoms with van der Waals surface area (Å²) in [4.78, 5) is 25.2. The average Bonchev–Trinajstić information content (AvgIpc) is 2.46. The molecule has 0 radical (unpaired) electrons. The smallest absolute Gasteiger partial charge is 0.314 e. The van der Waals surface area contributed by atoms with Crippen LogP contribution >= 0.6 is 0 Å². The van der Waals surface area contributed by atoms with E-state index in [0.29, 0.717) is 17.3 Å². The van der Waals surface area contributed by atoms with Gasteiger partial charge in [0.25, 0.3) is 5.56 Å². The summed E-state index contributed by atoms with van der Waals surface area (Å²) in [5.41, 5.74) is 0.0957. The zero-order valence-electron chi connectivity index (χ0n) is 8.74. The summed E-state index contributed by atoms with van der Waals surface area (Å²) in [5, 5.41) is 10.4. The molecule has 2 rings (SSSR count). The quantitative estimate of drug-likeness (QED) is 0.603. The van der Waals surface area contributed by atoms with Gasteiger partial charge in [-0.1, -0.05) is 13.0 Å². The first kappa shape index (κ1) is 10.5. The standard InChI is InChI=1S/C11H11NO4/c1-2-8-10(14)6-3-4-9(13)16-5-7(6)11(15)12-8/h3,5,14H,2,4H2,1H3,(H,12,15). The lowest BCUT2D eigenvalue weighted by atomic mass is 10.2. The number of rotatable bonds is 1. The Hall–Kier alpha value is -2.04. The first-order valence-corrected chi connectivity index (χ1v) is 4.97. The number of aromatic amines is 1. The van der Waals surface area contributed by atoms with E-state index in [1.807, 2.05) is 6.92 Å². The van der Waals surface area contributed by atoms with Crippen LogP contribution in [0.15, 0.2) is 4.79 Å². The summed E-state index contributed by atoms with van der Waals surface area (Å²) in [5.74, 6) is -0.445. The Balaban J connectivity index is 2.88. The van der Waals surface area contributed by atoms with E-state index in [1.165, 1.54) is 6.08 Å². The third-order valence-corrected chi connectivity index (χ3v) is 2.47. The molecule has 1 aliphatic rings. The molecule has 0 saturated carbocycles. The van der Waals surface area contributed by atoms with Crippen molar-refractivity contribution in [1.82, 2.24) is 4.98 Å². The highest BCUT2D eigenvalue weighted by atomic mass is 16.5. The number of hydrogen-bond donors (Lipinski definition) is 2. The van der Waals surface area contributed by atoms with Crippen LogP contribution < -0.4 is 16.0 Å². The molecule has 5 nitrogen and oxygen atoms in total. The number of carbonyl (C=O) groups is 1. The summed E-state index contributed by atoms with van der Waals surface area (Å²) in [6, 6.07) is 0. The number of ether oxygens (including phenoxy) is 1. The highest BCUT2D eigenvalue weighted by Crippen LogP contribution is 2.05. The van der Waals surface area contributed by atoms with Gasteiger partial charge >= 0.3 is 5.97 Å². The van der Waals surface area contributed by atoms with Crippen molar-refractivity contribution in [2.45, 2.75) is 19.8 Å². The van der Waals surface area contributed by atoms with Crippen molar-refractivity contribution < 1.29 is 14.6 Å². The third kappa shape index (κ3) is 1.60. The van der Waals surface area contributed by atoms with E-state index in [0.717, 1.165) is 6.26 Å². The summed E-state index contributed by atoms with van der Waals surface area (Å²) in [6.07, 6.45) is 3.14. The average molecular weight is 221 g/mol. The zero-order valence-corrected chi connectivity index (χ0v) is 8.74. The Bertz CT molecular complexity index is 612. The second kappa shape index (κ2) is 3.84. The number of aromatic nitrogens is 1. The number of aromatic hydroxyl groups is 1. The summed E-state index contributed by atoms with van der Waals surface area (Å²) < 4.78 is 4.71. The molecule has 0 aromatic carbocycles. The Labute approximate surface area is 90.7 Å². The number of aryl methyl sites for hydroxylation is 1. The maximum Gasteiger partial charge on any atom is 0.314 e. The van der Waals surface area contributed by atoms with E-state index < -0.39 is 5.97 Å². The van der Waals surface area contributed by atoms with Gasteiger partial charge in [0.05, 0.1) is 17.3 Å². The molecule has 0 unspecified atom stereocenters. The van der Waals surface area contributed by atoms with Crippen molar-refractivity contribution >= 4 is 18.3 Å². The van der Waals surface area contributed by atoms with Gasteiger partial charge in [0.1, 0.15) is 12.0 Å². The van der Waals surface area contributed by atoms with Gasteiger partial charge in [-0.2, -0.15) is 0 Å². The number of pyridine rings is 1. The fourth-order valence-electron chi connectivity index (χ4n) is 1.61. The molecule has 16 heavy (non-hydrogen) atoms. The summed E-state index contributed by atoms with van der Waals surface area (Å²) in [6.45, 7) is 1.82. The molecule has 1 aromatic rings. The predicted molar refractivity (Wildman–Crippen MR) is 57.0 cm³/mol. The fourth-order valence-corrected chi connectivity index (χ4v) is 1.61. The van der Waals surface area contributed by atoms with Gasteiger partial charge in [-0.05, 0) is 6.42 Å². The summed E-state index contributed by atoms with van der Waals surface area (Å²) >= 11 is 0. The Morgan fingerprint density at radius 1 is 1.44 bits per heavy atom. The van der Waals surface area contributed by atoms with Crippen molar-refractivity contribution in [1.29, 1.82) is 0 Å². The third-order valence-electron chi connectivity index (χ3n) is 2.47. The van der Waals surface area contributed by atoms with Crippen LogP contribution in [0.4, 0.5) is 0 Å². The van der Waals surface area contributed by atoms with E-state index in [9.17, 15) is 14.7 Å². The predicted octanol–water partition coefficient (Wildman–Crippen LogP) is -0.892. The Kier molecular flexibility index (Phi) is 2.52. The van der Waals surface area contributed by atoms with Crippen LogP contribution in [0.25, 0.3) is 12.3 Å². The highest BCUT2D eigenvalue weighted by Gasteiger charge is 2.10. The molecule has 0 bridgehead atoms. The van der Waals surface area contributed by atoms with Crippen LogP contribution in [-0.4, -0.2) is 16.1 Å². The molecule has 0 amide bonds. The van der Waals surface area contributed by atoms with Crippen molar-refractivity contribution in [3.8, 4) is 5.75 Å². The minimum atomic E-state index is -0.451. The molecule has 0 atom stereocenters. The van der Waals surface area contributed by atoms with Crippen LogP contribution in [0.3, 0.4) is 0 Å². The van der Waals surface area contributed by atoms with Crippen LogP contribution in [0.2, 0.25) is 0 Å². The molecule has 0 fully saturated rings. The molecule has 5 heteroatoms. The van der Waals surface area contributed by atoms with Crippen LogP contribution in [0, 0.1) is 0 Å². The topological polar surface area (TPSA) is 79.4 Å². The van der Waals surface area contributed by atoms with Crippen molar-refractivity contribution in [3.05, 3.63) is 26.5 Å². The number of carbonyl (C=O) groups excluding carboxylic acids is 1. The second-order valence-corrected chi connectivity index (χ2v) is 3.48. The molecule has 2 N–H and O–H groups in total. The van der Waals surface area contributed by atoms with E-state index >= 15 is 0 Å². The van der Waals surface area contributed by atoms with Gasteiger partial charge in [-0.3, -0.25) is 9.59 Å². The van der Waals surface area contributed by atoms with Crippen molar-refractivity contribution in [2.75, 3.05) is 0 Å². The lowest BCUT2D eigenvalue weighted by Gasteiger charge is -2.01. The number of H-pyrrole nitrogens is 1. The van der Waals surface area contributed by atoms with Crippen LogP contribution in [-0.2, 0) is 16.0 Å². The molecule has 2 heterocycles. The molecule has 0 saturated heterocycles. The maximum atomic E-state index is 11.6. The number of fused-ring (bicyclic) bond motifs is 1. The van der Waals surface area contributed by atoms with E-state index in [1.54, 1.807) is 0 Å². The summed E-state index contributed by atoms with van der Waals surface area (Å²) in [7, 11) is 0. The largest absolute Gasteiger partial charge is 0.505 e. The van der Waals surface area contributed by atoms with Crippen LogP contribution in [0.5, 0.6) is 5.75 Å². The Morgan fingerprint density at radius 2 is 2.19 bits per heavy atom. The first-order valence-electron chi connectivity index (χ1n) is 4.97. The number of cyclic esters (lactones) is 1. The SMILES string of the molecule is CCc1[nH]c(=O)c2c(c1O)=CCC(=O)OC=2. The minimum Gasteiger partial charge on any atom is -0.505 e. The van der Waals surface area contributed by atoms with Gasteiger partial charge < -0.3 is 14.8 Å². The second-order valence-electron chi connectivity index (χ2n) is 3.48. The first-order chi connectivity index (χ1) is 7.63. The molecule has 84 valence electrons. The molecule has 1 aliphatic heterocycles. The highest BCUT2D eigenvalue weighted by molar-refractivity contribution is 5.78. The lowest BCUT2D eigenvalue weighted by Crippen LogP contribution is -2.41. The normalized spacial score (nSPS) is 14.2. The van der Waals surface area contributed by atoms with Crippen molar-refractivity contribution in [3.63, 3.8) is 0 Å². The van der Waals surface area contributed by atoms with E-state index in [4.69, 9.17) is 4.74 Å². The van der Waals surface area contributed by atoms with E-state index in [-0.39, 0.29) is 22.9 Å². The number of esters is 1. The van der Waals surface area contributed by atoms with Crippen molar-refractivity contribution in [2.24, 2.45) is 0 Å². The van der Waals surface area contributed by atoms with Gasteiger partial charge in [-0.25, -0.2) is 0 Å². The molecule has 0 spiro atoms. The molecule has 1 aromatic heterocycles. The monoisotopic (exact) mass is 221 g/mol. The van der Waals surface area contributed by atoms with Gasteiger partial charge in [0.2, 0.25) is 0 Å². The number of nitrogens with one attached hydrogen (secondary N) is 1. The van der Waals surface area contributed by atoms with Gasteiger partial charge in [0, 0.05) is 5.22 Å². The lowest BCUT2D eigenvalue weighted by molar-refractivity contribution is -0.134. The van der Waals surface area contributed by atoms with Crippen LogP contribution in [0.1, 0.15) is 19.0 Å². The molecular weight excluding hydrogens is 210 g/mol. The molecular formula is C11H11NO4. The molecule has 0 aliphatic carbocycles. The fraction of sp³-hybridized carbons (Fsp3) is 0.273. The zero-order chi connectivity index (χ0) is 11.7. The number of hydrogen-bond acceptors (Lipinski definition) is 4. The van der Waals surface area contributed by atoms with Gasteiger partial charge in [0.15, 0.2) is 0 Å². The minimum absolute atomic E-state index is 0.00616. The van der Waals surface area contributed by atoms with E-state index in [2.05, 4.69) is 4.98 Å². The Morgan fingerprint density at radius 3 is 2.88 bits per heavy atom. The maximum absolute atomic E-state index is 11.6. The van der Waals surface area contributed by atoms with Gasteiger partial charge in [-0.15, -0.1) is 0 Å².